The molecular formula is C16H21N3O2. The zero-order valence-electron chi connectivity index (χ0n) is 12.6. The number of amides is 1. The zero-order valence-corrected chi connectivity index (χ0v) is 12.6. The second-order valence-corrected chi connectivity index (χ2v) is 5.39. The number of nitrogens with one attached hydrogen (secondary N) is 1. The first-order valence-corrected chi connectivity index (χ1v) is 7.01. The van der Waals surface area contributed by atoms with Crippen molar-refractivity contribution in [2.75, 3.05) is 5.73 Å². The van der Waals surface area contributed by atoms with E-state index in [1.165, 1.54) is 0 Å². The van der Waals surface area contributed by atoms with E-state index in [0.717, 1.165) is 22.6 Å². The maximum absolute atomic E-state index is 12.0. The number of hydrogen-bond acceptors (Lipinski definition) is 4. The number of aryl methyl sites for hydroxylation is 2. The second-order valence-electron chi connectivity index (χ2n) is 5.39. The van der Waals surface area contributed by atoms with Crippen molar-refractivity contribution < 1.29 is 9.32 Å². The van der Waals surface area contributed by atoms with Crippen LogP contribution in [0.2, 0.25) is 0 Å². The van der Waals surface area contributed by atoms with E-state index in [2.05, 4.69) is 10.5 Å². The van der Waals surface area contributed by atoms with Gasteiger partial charge in [-0.3, -0.25) is 4.79 Å². The van der Waals surface area contributed by atoms with Gasteiger partial charge in [0.15, 0.2) is 0 Å². The average molecular weight is 287 g/mol. The van der Waals surface area contributed by atoms with Crippen LogP contribution in [0, 0.1) is 13.8 Å². The monoisotopic (exact) mass is 287 g/mol. The molecule has 0 saturated heterocycles. The van der Waals surface area contributed by atoms with Gasteiger partial charge in [-0.05, 0) is 44.9 Å². The van der Waals surface area contributed by atoms with Gasteiger partial charge < -0.3 is 15.6 Å². The summed E-state index contributed by atoms with van der Waals surface area (Å²) >= 11 is 0. The fraction of sp³-hybridized carbons (Fsp3) is 0.375. The third kappa shape index (κ3) is 4.08. The Labute approximate surface area is 124 Å². The van der Waals surface area contributed by atoms with Crippen molar-refractivity contribution in [3.05, 3.63) is 46.8 Å². The van der Waals surface area contributed by atoms with Crippen LogP contribution in [0.25, 0.3) is 0 Å². The van der Waals surface area contributed by atoms with Crippen LogP contribution in [-0.2, 0) is 17.6 Å². The molecule has 1 heterocycles. The van der Waals surface area contributed by atoms with Crippen LogP contribution in [0.5, 0.6) is 0 Å². The van der Waals surface area contributed by atoms with Gasteiger partial charge in [0.1, 0.15) is 5.76 Å². The summed E-state index contributed by atoms with van der Waals surface area (Å²) in [5.74, 6) is 0.811. The molecule has 0 aliphatic rings. The van der Waals surface area contributed by atoms with Gasteiger partial charge in [-0.1, -0.05) is 17.3 Å². The number of anilines is 1. The van der Waals surface area contributed by atoms with Gasteiger partial charge in [0.25, 0.3) is 0 Å². The first-order valence-electron chi connectivity index (χ1n) is 7.01. The predicted molar refractivity (Wildman–Crippen MR) is 81.8 cm³/mol. The number of hydrogen-bond donors (Lipinski definition) is 2. The molecule has 1 amide bonds. The molecule has 0 spiro atoms. The summed E-state index contributed by atoms with van der Waals surface area (Å²) in [6, 6.07) is 7.37. The molecule has 0 aliphatic carbocycles. The number of aromatic nitrogens is 1. The van der Waals surface area contributed by atoms with Crippen molar-refractivity contribution in [3.8, 4) is 0 Å². The number of carbonyl (C=O) groups is 1. The summed E-state index contributed by atoms with van der Waals surface area (Å²) in [4.78, 5) is 12.0. The molecule has 0 fully saturated rings. The van der Waals surface area contributed by atoms with Crippen molar-refractivity contribution in [2.45, 2.75) is 39.7 Å². The lowest BCUT2D eigenvalue weighted by molar-refractivity contribution is -0.121. The standard InChI is InChI=1S/C16H21N3O2/c1-10(8-15-11(2)19-21-12(15)3)18-16(20)9-13-4-6-14(17)7-5-13/h4-7,10H,8-9,17H2,1-3H3,(H,18,20). The maximum Gasteiger partial charge on any atom is 0.224 e. The van der Waals surface area contributed by atoms with Crippen molar-refractivity contribution in [3.63, 3.8) is 0 Å². The van der Waals surface area contributed by atoms with Crippen LogP contribution < -0.4 is 11.1 Å². The smallest absolute Gasteiger partial charge is 0.224 e. The molecule has 1 atom stereocenters. The van der Waals surface area contributed by atoms with E-state index < -0.39 is 0 Å². The van der Waals surface area contributed by atoms with Gasteiger partial charge >= 0.3 is 0 Å². The summed E-state index contributed by atoms with van der Waals surface area (Å²) in [6.07, 6.45) is 1.07. The fourth-order valence-corrected chi connectivity index (χ4v) is 2.30. The van der Waals surface area contributed by atoms with E-state index in [1.54, 1.807) is 12.1 Å². The minimum absolute atomic E-state index is 0.000897. The van der Waals surface area contributed by atoms with Crippen molar-refractivity contribution in [2.24, 2.45) is 0 Å². The molecule has 0 saturated carbocycles. The van der Waals surface area contributed by atoms with Gasteiger partial charge in [-0.2, -0.15) is 0 Å². The van der Waals surface area contributed by atoms with E-state index >= 15 is 0 Å². The highest BCUT2D eigenvalue weighted by Gasteiger charge is 2.14. The van der Waals surface area contributed by atoms with Gasteiger partial charge in [0.05, 0.1) is 12.1 Å². The third-order valence-electron chi connectivity index (χ3n) is 3.44. The van der Waals surface area contributed by atoms with Crippen LogP contribution in [0.3, 0.4) is 0 Å². The van der Waals surface area contributed by atoms with Gasteiger partial charge in [0, 0.05) is 17.3 Å². The van der Waals surface area contributed by atoms with E-state index in [9.17, 15) is 4.79 Å². The van der Waals surface area contributed by atoms with E-state index in [1.807, 2.05) is 32.9 Å². The molecule has 0 bridgehead atoms. The number of nitrogen functional groups attached to an aromatic ring is 1. The highest BCUT2D eigenvalue weighted by molar-refractivity contribution is 5.79. The molecule has 2 rings (SSSR count). The second kappa shape index (κ2) is 6.43. The summed E-state index contributed by atoms with van der Waals surface area (Å²) in [6.45, 7) is 5.78. The first-order chi connectivity index (χ1) is 9.95. The largest absolute Gasteiger partial charge is 0.399 e. The number of rotatable bonds is 5. The third-order valence-corrected chi connectivity index (χ3v) is 3.44. The van der Waals surface area contributed by atoms with Crippen molar-refractivity contribution >= 4 is 11.6 Å². The summed E-state index contributed by atoms with van der Waals surface area (Å²) in [5, 5.41) is 6.92. The zero-order chi connectivity index (χ0) is 15.4. The van der Waals surface area contributed by atoms with E-state index in [4.69, 9.17) is 10.3 Å². The molecule has 3 N–H and O–H groups in total. The van der Waals surface area contributed by atoms with Crippen molar-refractivity contribution in [1.82, 2.24) is 10.5 Å². The topological polar surface area (TPSA) is 81.2 Å². The molecule has 1 aromatic carbocycles. The quantitative estimate of drug-likeness (QED) is 0.826. The SMILES string of the molecule is Cc1noc(C)c1CC(C)NC(=O)Cc1ccc(N)cc1. The number of nitrogens with two attached hydrogens (primary N) is 1. The molecular weight excluding hydrogens is 266 g/mol. The maximum atomic E-state index is 12.0. The van der Waals surface area contributed by atoms with Crippen LogP contribution in [0.1, 0.15) is 29.5 Å². The lowest BCUT2D eigenvalue weighted by Gasteiger charge is -2.14. The van der Waals surface area contributed by atoms with Gasteiger partial charge in [-0.15, -0.1) is 0 Å². The molecule has 21 heavy (non-hydrogen) atoms. The Morgan fingerprint density at radius 2 is 2.00 bits per heavy atom. The fourth-order valence-electron chi connectivity index (χ4n) is 2.30. The predicted octanol–water partition coefficient (Wildman–Crippen LogP) is 2.16. The van der Waals surface area contributed by atoms with E-state index in [0.29, 0.717) is 18.5 Å². The highest BCUT2D eigenvalue weighted by atomic mass is 16.5. The highest BCUT2D eigenvalue weighted by Crippen LogP contribution is 2.14. The van der Waals surface area contributed by atoms with E-state index in [-0.39, 0.29) is 11.9 Å². The Bertz CT molecular complexity index is 597. The minimum atomic E-state index is -0.000897. The molecule has 1 unspecified atom stereocenters. The van der Waals surface area contributed by atoms with Crippen molar-refractivity contribution in [1.29, 1.82) is 0 Å². The van der Waals surface area contributed by atoms with Gasteiger partial charge in [-0.25, -0.2) is 0 Å². The minimum Gasteiger partial charge on any atom is -0.399 e. The number of benzene rings is 1. The Kier molecular flexibility index (Phi) is 4.62. The number of carbonyl (C=O) groups excluding carboxylic acids is 1. The lowest BCUT2D eigenvalue weighted by atomic mass is 10.1. The normalized spacial score (nSPS) is 12.1. The van der Waals surface area contributed by atoms with Crippen LogP contribution in [-0.4, -0.2) is 17.1 Å². The molecule has 5 heteroatoms. The van der Waals surface area contributed by atoms with Crippen LogP contribution >= 0.6 is 0 Å². The van der Waals surface area contributed by atoms with Gasteiger partial charge in [0.2, 0.25) is 5.91 Å². The number of nitrogens with zero attached hydrogens (tertiary/aromatic N) is 1. The summed E-state index contributed by atoms with van der Waals surface area (Å²) < 4.78 is 5.13. The molecule has 1 aromatic heterocycles. The molecule has 0 aliphatic heterocycles. The molecule has 5 nitrogen and oxygen atoms in total. The average Bonchev–Trinajstić information content (AvgIpc) is 2.73. The Morgan fingerprint density at radius 3 is 2.57 bits per heavy atom. The van der Waals surface area contributed by atoms with Crippen LogP contribution in [0.4, 0.5) is 5.69 Å². The Morgan fingerprint density at radius 1 is 1.33 bits per heavy atom. The first kappa shape index (κ1) is 15.1. The van der Waals surface area contributed by atoms with Crippen LogP contribution in [0.15, 0.2) is 28.8 Å². The Hall–Kier alpha value is -2.30. The molecule has 0 radical (unpaired) electrons. The summed E-state index contributed by atoms with van der Waals surface area (Å²) in [5.41, 5.74) is 9.22. The molecule has 2 aromatic rings. The summed E-state index contributed by atoms with van der Waals surface area (Å²) in [7, 11) is 0. The lowest BCUT2D eigenvalue weighted by Crippen LogP contribution is -2.35. The molecule has 112 valence electrons. The Balaban J connectivity index is 1.89.